The van der Waals surface area contributed by atoms with E-state index in [9.17, 15) is 8.96 Å². The van der Waals surface area contributed by atoms with E-state index in [4.69, 9.17) is 9.05 Å². The standard InChI is InChI=1S/C24H31FNO3P/c1-4-7-8-12-22-18-19-11-9-10-13-23(19)24(30(27,28-5-2)29-6-3)26(22)21-16-14-20(25)15-17-21/h9-11,13-18,24H,4-8,12H2,1-3H3. The minimum Gasteiger partial charge on any atom is -0.326 e. The zero-order chi connectivity index (χ0) is 21.6. The molecule has 1 atom stereocenters. The number of anilines is 1. The summed E-state index contributed by atoms with van der Waals surface area (Å²) in [6.45, 7) is 6.37. The van der Waals surface area contributed by atoms with Gasteiger partial charge < -0.3 is 13.9 Å². The van der Waals surface area contributed by atoms with Crippen LogP contribution in [0.25, 0.3) is 6.08 Å². The zero-order valence-electron chi connectivity index (χ0n) is 18.0. The van der Waals surface area contributed by atoms with Gasteiger partial charge in [0.15, 0.2) is 5.78 Å². The van der Waals surface area contributed by atoms with Gasteiger partial charge in [-0.2, -0.15) is 0 Å². The van der Waals surface area contributed by atoms with Gasteiger partial charge in [0.2, 0.25) is 0 Å². The zero-order valence-corrected chi connectivity index (χ0v) is 18.9. The average Bonchev–Trinajstić information content (AvgIpc) is 2.74. The molecular weight excluding hydrogens is 400 g/mol. The van der Waals surface area contributed by atoms with Gasteiger partial charge in [-0.05, 0) is 68.2 Å². The smallest absolute Gasteiger partial charge is 0.326 e. The summed E-state index contributed by atoms with van der Waals surface area (Å²) < 4.78 is 39.4. The van der Waals surface area contributed by atoms with Crippen LogP contribution in [0.2, 0.25) is 0 Å². The van der Waals surface area contributed by atoms with Crippen molar-refractivity contribution in [2.45, 2.75) is 52.2 Å². The molecule has 1 aliphatic rings. The van der Waals surface area contributed by atoms with Gasteiger partial charge in [0, 0.05) is 11.4 Å². The van der Waals surface area contributed by atoms with Crippen molar-refractivity contribution in [3.8, 4) is 0 Å². The molecule has 30 heavy (non-hydrogen) atoms. The van der Waals surface area contributed by atoms with Gasteiger partial charge in [-0.3, -0.25) is 4.57 Å². The Morgan fingerprint density at radius 3 is 2.27 bits per heavy atom. The fourth-order valence-corrected chi connectivity index (χ4v) is 6.15. The molecule has 0 N–H and O–H groups in total. The van der Waals surface area contributed by atoms with Gasteiger partial charge in [0.1, 0.15) is 5.82 Å². The van der Waals surface area contributed by atoms with Crippen LogP contribution in [-0.4, -0.2) is 13.2 Å². The lowest BCUT2D eigenvalue weighted by Gasteiger charge is -2.42. The van der Waals surface area contributed by atoms with E-state index in [2.05, 4.69) is 13.0 Å². The highest BCUT2D eigenvalue weighted by Gasteiger charge is 2.45. The monoisotopic (exact) mass is 431 g/mol. The van der Waals surface area contributed by atoms with Crippen molar-refractivity contribution in [1.82, 2.24) is 0 Å². The average molecular weight is 431 g/mol. The molecule has 0 radical (unpaired) electrons. The molecule has 4 nitrogen and oxygen atoms in total. The van der Waals surface area contributed by atoms with E-state index < -0.39 is 13.4 Å². The summed E-state index contributed by atoms with van der Waals surface area (Å²) >= 11 is 0. The topological polar surface area (TPSA) is 38.8 Å². The van der Waals surface area contributed by atoms with Gasteiger partial charge in [-0.25, -0.2) is 4.39 Å². The molecule has 6 heteroatoms. The Morgan fingerprint density at radius 2 is 1.63 bits per heavy atom. The first kappa shape index (κ1) is 22.7. The third-order valence-corrected chi connectivity index (χ3v) is 7.55. The van der Waals surface area contributed by atoms with Crippen LogP contribution in [0.3, 0.4) is 0 Å². The molecule has 0 aromatic heterocycles. The number of nitrogens with zero attached hydrogens (tertiary/aromatic N) is 1. The third kappa shape index (κ3) is 4.85. The maximum atomic E-state index is 14.1. The molecule has 1 unspecified atom stereocenters. The molecule has 0 saturated carbocycles. The van der Waals surface area contributed by atoms with Gasteiger partial charge in [0.25, 0.3) is 0 Å². The second-order valence-electron chi connectivity index (χ2n) is 7.32. The summed E-state index contributed by atoms with van der Waals surface area (Å²) in [5.74, 6) is -0.928. The fraction of sp³-hybridized carbons (Fsp3) is 0.417. The number of hydrogen-bond donors (Lipinski definition) is 0. The summed E-state index contributed by atoms with van der Waals surface area (Å²) in [5.41, 5.74) is 3.73. The molecule has 2 aromatic rings. The van der Waals surface area contributed by atoms with Crippen molar-refractivity contribution in [3.63, 3.8) is 0 Å². The SMILES string of the molecule is CCCCCC1=Cc2ccccc2C(P(=O)(OCC)OCC)N1c1ccc(F)cc1. The Labute approximate surface area is 179 Å². The highest BCUT2D eigenvalue weighted by molar-refractivity contribution is 7.54. The second-order valence-corrected chi connectivity index (χ2v) is 9.40. The van der Waals surface area contributed by atoms with E-state index in [1.807, 2.05) is 43.0 Å². The first-order valence-corrected chi connectivity index (χ1v) is 12.4. The van der Waals surface area contributed by atoms with Crippen LogP contribution in [0.1, 0.15) is 63.4 Å². The lowest BCUT2D eigenvalue weighted by molar-refractivity contribution is 0.211. The molecule has 1 heterocycles. The number of unbranched alkanes of at least 4 members (excludes halogenated alkanes) is 2. The minimum absolute atomic E-state index is 0.280. The van der Waals surface area contributed by atoms with E-state index in [0.29, 0.717) is 0 Å². The minimum atomic E-state index is -3.55. The van der Waals surface area contributed by atoms with Crippen molar-refractivity contribution in [1.29, 1.82) is 0 Å². The van der Waals surface area contributed by atoms with Crippen molar-refractivity contribution >= 4 is 19.4 Å². The molecule has 2 aromatic carbocycles. The third-order valence-electron chi connectivity index (χ3n) is 5.21. The van der Waals surface area contributed by atoms with Crippen LogP contribution < -0.4 is 4.90 Å². The highest BCUT2D eigenvalue weighted by Crippen LogP contribution is 2.65. The molecule has 1 aliphatic heterocycles. The Bertz CT molecular complexity index is 903. The number of benzene rings is 2. The molecule has 162 valence electrons. The summed E-state index contributed by atoms with van der Waals surface area (Å²) in [6.07, 6.45) is 6.21. The van der Waals surface area contributed by atoms with E-state index in [-0.39, 0.29) is 19.0 Å². The Morgan fingerprint density at radius 1 is 0.967 bits per heavy atom. The maximum absolute atomic E-state index is 14.1. The predicted octanol–water partition coefficient (Wildman–Crippen LogP) is 7.53. The van der Waals surface area contributed by atoms with Crippen LogP contribution in [-0.2, 0) is 13.6 Å². The maximum Gasteiger partial charge on any atom is 0.357 e. The van der Waals surface area contributed by atoms with E-state index >= 15 is 0 Å². The fourth-order valence-electron chi connectivity index (χ4n) is 3.93. The molecule has 0 aliphatic carbocycles. The number of allylic oxidation sites excluding steroid dienone is 1. The van der Waals surface area contributed by atoms with Crippen LogP contribution in [0, 0.1) is 5.82 Å². The largest absolute Gasteiger partial charge is 0.357 e. The summed E-state index contributed by atoms with van der Waals surface area (Å²) in [5, 5.41) is 0. The van der Waals surface area contributed by atoms with Crippen molar-refractivity contribution < 1.29 is 18.0 Å². The normalized spacial score (nSPS) is 16.3. The lowest BCUT2D eigenvalue weighted by Crippen LogP contribution is -2.32. The van der Waals surface area contributed by atoms with Crippen LogP contribution in [0.4, 0.5) is 10.1 Å². The predicted molar refractivity (Wildman–Crippen MR) is 121 cm³/mol. The first-order valence-electron chi connectivity index (χ1n) is 10.8. The molecular formula is C24H31FNO3P. The number of rotatable bonds is 10. The van der Waals surface area contributed by atoms with Crippen LogP contribution >= 0.6 is 7.60 Å². The molecule has 0 saturated heterocycles. The van der Waals surface area contributed by atoms with E-state index in [1.54, 1.807) is 12.1 Å². The molecule has 0 fully saturated rings. The van der Waals surface area contributed by atoms with Gasteiger partial charge in [0.05, 0.1) is 13.2 Å². The summed E-state index contributed by atoms with van der Waals surface area (Å²) in [7, 11) is -3.55. The molecule has 0 amide bonds. The lowest BCUT2D eigenvalue weighted by atomic mass is 9.98. The van der Waals surface area contributed by atoms with Crippen LogP contribution in [0.5, 0.6) is 0 Å². The first-order chi connectivity index (χ1) is 14.5. The second kappa shape index (κ2) is 10.4. The van der Waals surface area contributed by atoms with Crippen molar-refractivity contribution in [2.24, 2.45) is 0 Å². The van der Waals surface area contributed by atoms with Crippen molar-refractivity contribution in [3.05, 3.63) is 71.2 Å². The molecule has 0 bridgehead atoms. The Balaban J connectivity index is 2.18. The number of fused-ring (bicyclic) bond motifs is 1. The Kier molecular flexibility index (Phi) is 7.87. The quantitative estimate of drug-likeness (QED) is 0.288. The molecule has 0 spiro atoms. The van der Waals surface area contributed by atoms with E-state index in [1.165, 1.54) is 12.1 Å². The van der Waals surface area contributed by atoms with Crippen LogP contribution in [0.15, 0.2) is 54.2 Å². The highest BCUT2D eigenvalue weighted by atomic mass is 31.2. The van der Waals surface area contributed by atoms with Gasteiger partial charge in [-0.1, -0.05) is 44.0 Å². The summed E-state index contributed by atoms with van der Waals surface area (Å²) in [4.78, 5) is 2.03. The summed E-state index contributed by atoms with van der Waals surface area (Å²) in [6, 6.07) is 14.2. The Hall–Kier alpha value is -1.94. The number of hydrogen-bond acceptors (Lipinski definition) is 4. The molecule has 3 rings (SSSR count). The van der Waals surface area contributed by atoms with Gasteiger partial charge in [-0.15, -0.1) is 0 Å². The number of halogens is 1. The van der Waals surface area contributed by atoms with Crippen molar-refractivity contribution in [2.75, 3.05) is 18.1 Å². The van der Waals surface area contributed by atoms with Gasteiger partial charge >= 0.3 is 7.60 Å². The van der Waals surface area contributed by atoms with E-state index in [0.717, 1.165) is 48.2 Å².